The van der Waals surface area contributed by atoms with Crippen molar-refractivity contribution in [1.29, 1.82) is 0 Å². The molecule has 3 heteroatoms. The first kappa shape index (κ1) is 12.9. The zero-order chi connectivity index (χ0) is 13.2. The van der Waals surface area contributed by atoms with Gasteiger partial charge in [-0.3, -0.25) is 0 Å². The van der Waals surface area contributed by atoms with Gasteiger partial charge < -0.3 is 9.73 Å². The number of nitrogens with one attached hydrogen (secondary N) is 1. The maximum Gasteiger partial charge on any atom is 0.117 e. The molecule has 0 saturated heterocycles. The lowest BCUT2D eigenvalue weighted by Crippen LogP contribution is -2.39. The van der Waals surface area contributed by atoms with E-state index in [1.165, 1.54) is 22.9 Å². The molecule has 0 radical (unpaired) electrons. The lowest BCUT2D eigenvalue weighted by Gasteiger charge is -2.36. The Hall–Kier alpha value is -1.06. The van der Waals surface area contributed by atoms with Gasteiger partial charge in [-0.25, -0.2) is 0 Å². The lowest BCUT2D eigenvalue weighted by molar-refractivity contribution is 0.281. The minimum Gasteiger partial charge on any atom is -0.465 e. The minimum absolute atomic E-state index is 0.620. The molecule has 1 aliphatic rings. The number of halogens is 1. The molecule has 1 aliphatic carbocycles. The average Bonchev–Trinajstić information content (AvgIpc) is 2.73. The molecule has 19 heavy (non-hydrogen) atoms. The molecule has 100 valence electrons. The van der Waals surface area contributed by atoms with E-state index in [2.05, 4.69) is 45.5 Å². The Morgan fingerprint density at radius 3 is 2.79 bits per heavy atom. The van der Waals surface area contributed by atoms with Crippen LogP contribution in [0.1, 0.15) is 35.8 Å². The number of benzene rings is 1. The third-order valence-corrected chi connectivity index (χ3v) is 4.31. The Labute approximate surface area is 122 Å². The average molecular weight is 320 g/mol. The molecule has 2 nitrogen and oxygen atoms in total. The number of rotatable bonds is 4. The first-order valence-corrected chi connectivity index (χ1v) is 7.54. The summed E-state index contributed by atoms with van der Waals surface area (Å²) in [5.41, 5.74) is 1.45. The SMILES string of the molecule is Cc1ccc(CNC2CC(c3cccc(Br)c3)C2)o1. The van der Waals surface area contributed by atoms with Gasteiger partial charge in [-0.2, -0.15) is 0 Å². The number of aryl methyl sites for hydroxylation is 1. The van der Waals surface area contributed by atoms with Gasteiger partial charge in [0, 0.05) is 10.5 Å². The second-order valence-corrected chi connectivity index (χ2v) is 6.23. The molecule has 2 aromatic rings. The van der Waals surface area contributed by atoms with Crippen LogP contribution in [0.4, 0.5) is 0 Å². The highest BCUT2D eigenvalue weighted by Gasteiger charge is 2.29. The molecule has 0 unspecified atom stereocenters. The molecule has 1 aromatic carbocycles. The van der Waals surface area contributed by atoms with Gasteiger partial charge in [-0.15, -0.1) is 0 Å². The van der Waals surface area contributed by atoms with E-state index in [9.17, 15) is 0 Å². The molecule has 1 aromatic heterocycles. The summed E-state index contributed by atoms with van der Waals surface area (Å²) in [4.78, 5) is 0. The Bertz CT molecular complexity index is 557. The van der Waals surface area contributed by atoms with Crippen molar-refractivity contribution >= 4 is 15.9 Å². The van der Waals surface area contributed by atoms with Crippen molar-refractivity contribution in [3.05, 3.63) is 58.0 Å². The maximum absolute atomic E-state index is 5.56. The zero-order valence-corrected chi connectivity index (χ0v) is 12.6. The minimum atomic E-state index is 0.620. The van der Waals surface area contributed by atoms with Crippen LogP contribution in [-0.2, 0) is 6.54 Å². The number of hydrogen-bond donors (Lipinski definition) is 1. The summed E-state index contributed by atoms with van der Waals surface area (Å²) in [6, 6.07) is 13.3. The highest BCUT2D eigenvalue weighted by atomic mass is 79.9. The van der Waals surface area contributed by atoms with Gasteiger partial charge in [0.25, 0.3) is 0 Å². The van der Waals surface area contributed by atoms with E-state index >= 15 is 0 Å². The van der Waals surface area contributed by atoms with Crippen LogP contribution in [0.5, 0.6) is 0 Å². The van der Waals surface area contributed by atoms with Crippen molar-refractivity contribution < 1.29 is 4.42 Å². The van der Waals surface area contributed by atoms with Crippen LogP contribution in [0.15, 0.2) is 45.3 Å². The second kappa shape index (κ2) is 5.51. The molecule has 0 atom stereocenters. The molecule has 0 spiro atoms. The number of furan rings is 1. The summed E-state index contributed by atoms with van der Waals surface area (Å²) >= 11 is 3.53. The van der Waals surface area contributed by atoms with Crippen molar-refractivity contribution in [1.82, 2.24) is 5.32 Å². The van der Waals surface area contributed by atoms with Gasteiger partial charge in [0.2, 0.25) is 0 Å². The van der Waals surface area contributed by atoms with Gasteiger partial charge in [0.1, 0.15) is 11.5 Å². The van der Waals surface area contributed by atoms with Crippen LogP contribution in [0.25, 0.3) is 0 Å². The third kappa shape index (κ3) is 3.10. The molecule has 1 saturated carbocycles. The first-order valence-electron chi connectivity index (χ1n) is 6.75. The van der Waals surface area contributed by atoms with E-state index in [0.29, 0.717) is 12.0 Å². The molecule has 1 fully saturated rings. The Morgan fingerprint density at radius 2 is 2.11 bits per heavy atom. The Balaban J connectivity index is 1.48. The summed E-state index contributed by atoms with van der Waals surface area (Å²) < 4.78 is 6.73. The van der Waals surface area contributed by atoms with Gasteiger partial charge in [0.05, 0.1) is 6.54 Å². The summed E-state index contributed by atoms with van der Waals surface area (Å²) in [6.07, 6.45) is 2.44. The molecule has 3 rings (SSSR count). The largest absolute Gasteiger partial charge is 0.465 e. The lowest BCUT2D eigenvalue weighted by atomic mass is 9.76. The maximum atomic E-state index is 5.56. The topological polar surface area (TPSA) is 25.2 Å². The normalized spacial score (nSPS) is 22.2. The van der Waals surface area contributed by atoms with Crippen molar-refractivity contribution in [3.63, 3.8) is 0 Å². The van der Waals surface area contributed by atoms with Crippen LogP contribution in [-0.4, -0.2) is 6.04 Å². The molecular weight excluding hydrogens is 302 g/mol. The van der Waals surface area contributed by atoms with E-state index in [1.54, 1.807) is 0 Å². The molecule has 1 N–H and O–H groups in total. The zero-order valence-electron chi connectivity index (χ0n) is 11.0. The van der Waals surface area contributed by atoms with Crippen molar-refractivity contribution in [3.8, 4) is 0 Å². The molecule has 0 bridgehead atoms. The molecular formula is C16H18BrNO. The number of hydrogen-bond acceptors (Lipinski definition) is 2. The summed E-state index contributed by atoms with van der Waals surface area (Å²) in [7, 11) is 0. The molecule has 0 amide bonds. The van der Waals surface area contributed by atoms with E-state index in [1.807, 2.05) is 19.1 Å². The van der Waals surface area contributed by atoms with E-state index in [0.717, 1.165) is 18.1 Å². The van der Waals surface area contributed by atoms with Gasteiger partial charge in [-0.05, 0) is 55.5 Å². The predicted octanol–water partition coefficient (Wildman–Crippen LogP) is 4.39. The highest BCUT2D eigenvalue weighted by Crippen LogP contribution is 2.37. The quantitative estimate of drug-likeness (QED) is 0.904. The molecule has 0 aliphatic heterocycles. The fourth-order valence-corrected chi connectivity index (χ4v) is 3.06. The second-order valence-electron chi connectivity index (χ2n) is 5.31. The van der Waals surface area contributed by atoms with Gasteiger partial charge >= 0.3 is 0 Å². The fraction of sp³-hybridized carbons (Fsp3) is 0.375. The van der Waals surface area contributed by atoms with Gasteiger partial charge in [-0.1, -0.05) is 28.1 Å². The van der Waals surface area contributed by atoms with Crippen LogP contribution in [0.3, 0.4) is 0 Å². The van der Waals surface area contributed by atoms with E-state index in [4.69, 9.17) is 4.42 Å². The van der Waals surface area contributed by atoms with E-state index in [-0.39, 0.29) is 0 Å². The summed E-state index contributed by atoms with van der Waals surface area (Å²) in [6.45, 7) is 2.82. The van der Waals surface area contributed by atoms with Crippen LogP contribution in [0.2, 0.25) is 0 Å². The van der Waals surface area contributed by atoms with Crippen LogP contribution in [0, 0.1) is 6.92 Å². The van der Waals surface area contributed by atoms with E-state index < -0.39 is 0 Å². The monoisotopic (exact) mass is 319 g/mol. The van der Waals surface area contributed by atoms with Crippen molar-refractivity contribution in [2.75, 3.05) is 0 Å². The molecule has 1 heterocycles. The standard InChI is InChI=1S/C16H18BrNO/c1-11-5-6-16(19-11)10-18-15-8-13(9-15)12-3-2-4-14(17)7-12/h2-7,13,15,18H,8-10H2,1H3. The highest BCUT2D eigenvalue weighted by molar-refractivity contribution is 9.10. The summed E-state index contributed by atoms with van der Waals surface area (Å²) in [5, 5.41) is 3.56. The van der Waals surface area contributed by atoms with Crippen LogP contribution >= 0.6 is 15.9 Å². The smallest absolute Gasteiger partial charge is 0.117 e. The predicted molar refractivity (Wildman–Crippen MR) is 80.2 cm³/mol. The Kier molecular flexibility index (Phi) is 3.76. The fourth-order valence-electron chi connectivity index (χ4n) is 2.64. The van der Waals surface area contributed by atoms with Crippen molar-refractivity contribution in [2.24, 2.45) is 0 Å². The van der Waals surface area contributed by atoms with Crippen molar-refractivity contribution in [2.45, 2.75) is 38.3 Å². The third-order valence-electron chi connectivity index (χ3n) is 3.82. The van der Waals surface area contributed by atoms with Gasteiger partial charge in [0.15, 0.2) is 0 Å². The summed E-state index contributed by atoms with van der Waals surface area (Å²) in [5.74, 6) is 2.72. The first-order chi connectivity index (χ1) is 9.20. The van der Waals surface area contributed by atoms with Crippen LogP contribution < -0.4 is 5.32 Å². The Morgan fingerprint density at radius 1 is 1.26 bits per heavy atom.